The molecule has 0 aromatic heterocycles. The highest BCUT2D eigenvalue weighted by Gasteiger charge is 2.26. The van der Waals surface area contributed by atoms with Crippen molar-refractivity contribution in [1.82, 2.24) is 10.2 Å². The first-order valence-corrected chi connectivity index (χ1v) is 10.2. The molecule has 2 aromatic carbocycles. The molecule has 0 aliphatic carbocycles. The van der Waals surface area contributed by atoms with Gasteiger partial charge in [0.05, 0.1) is 0 Å². The van der Waals surface area contributed by atoms with E-state index in [2.05, 4.69) is 12.2 Å². The van der Waals surface area contributed by atoms with E-state index in [1.807, 2.05) is 62.4 Å². The van der Waals surface area contributed by atoms with E-state index in [1.54, 1.807) is 11.8 Å². The molecule has 0 radical (unpaired) electrons. The lowest BCUT2D eigenvalue weighted by Gasteiger charge is -2.29. The second-order valence-corrected chi connectivity index (χ2v) is 7.38. The summed E-state index contributed by atoms with van der Waals surface area (Å²) in [5, 5.41) is 2.92. The Morgan fingerprint density at radius 1 is 1.07 bits per heavy atom. The maximum Gasteiger partial charge on any atom is 0.261 e. The van der Waals surface area contributed by atoms with Gasteiger partial charge in [-0.3, -0.25) is 9.59 Å². The number of hydrogen-bond acceptors (Lipinski definition) is 3. The summed E-state index contributed by atoms with van der Waals surface area (Å²) in [5.74, 6) is 0.318. The predicted octanol–water partition coefficient (Wildman–Crippen LogP) is 4.02. The fourth-order valence-electron chi connectivity index (χ4n) is 2.95. The lowest BCUT2D eigenvalue weighted by atomic mass is 10.1. The van der Waals surface area contributed by atoms with Crippen molar-refractivity contribution < 1.29 is 14.3 Å². The Hall–Kier alpha value is -2.82. The molecule has 1 N–H and O–H groups in total. The highest BCUT2D eigenvalue weighted by Crippen LogP contribution is 2.17. The number of amides is 2. The number of carbonyl (C=O) groups excluding carboxylic acids is 2. The van der Waals surface area contributed by atoms with Gasteiger partial charge in [0, 0.05) is 13.1 Å². The van der Waals surface area contributed by atoms with Crippen LogP contribution in [0.3, 0.4) is 0 Å². The normalized spacial score (nSPS) is 11.6. The minimum Gasteiger partial charge on any atom is -0.484 e. The SMILES string of the molecule is CCCCNC(=O)C(C)N(Cc1ccc(C)cc1)C(=O)COc1ccccc1C. The Kier molecular flexibility index (Phi) is 8.71. The Balaban J connectivity index is 2.11. The number of carbonyl (C=O) groups is 2. The van der Waals surface area contributed by atoms with Crippen LogP contribution in [-0.4, -0.2) is 35.9 Å². The molecule has 0 bridgehead atoms. The molecule has 2 rings (SSSR count). The van der Waals surface area contributed by atoms with Crippen LogP contribution in [0.1, 0.15) is 43.4 Å². The van der Waals surface area contributed by atoms with Crippen LogP contribution in [-0.2, 0) is 16.1 Å². The lowest BCUT2D eigenvalue weighted by Crippen LogP contribution is -2.49. The summed E-state index contributed by atoms with van der Waals surface area (Å²) in [6.45, 7) is 8.67. The molecule has 156 valence electrons. The Morgan fingerprint density at radius 2 is 1.76 bits per heavy atom. The zero-order valence-electron chi connectivity index (χ0n) is 17.9. The summed E-state index contributed by atoms with van der Waals surface area (Å²) < 4.78 is 5.74. The first-order chi connectivity index (χ1) is 13.9. The lowest BCUT2D eigenvalue weighted by molar-refractivity contribution is -0.142. The molecular formula is C24H32N2O3. The quantitative estimate of drug-likeness (QED) is 0.617. The van der Waals surface area contributed by atoms with E-state index >= 15 is 0 Å². The van der Waals surface area contributed by atoms with Gasteiger partial charge in [-0.25, -0.2) is 0 Å². The molecular weight excluding hydrogens is 364 g/mol. The number of hydrogen-bond donors (Lipinski definition) is 1. The summed E-state index contributed by atoms with van der Waals surface area (Å²) in [6.07, 6.45) is 1.92. The zero-order chi connectivity index (χ0) is 21.2. The number of aryl methyl sites for hydroxylation is 2. The van der Waals surface area contributed by atoms with Gasteiger partial charge in [0.25, 0.3) is 5.91 Å². The maximum atomic E-state index is 13.0. The van der Waals surface area contributed by atoms with Gasteiger partial charge in [-0.15, -0.1) is 0 Å². The third-order valence-electron chi connectivity index (χ3n) is 4.92. The van der Waals surface area contributed by atoms with Crippen LogP contribution in [0.4, 0.5) is 0 Å². The minimum absolute atomic E-state index is 0.108. The Morgan fingerprint density at radius 3 is 2.41 bits per heavy atom. The highest BCUT2D eigenvalue weighted by molar-refractivity contribution is 5.87. The molecule has 2 amide bonds. The van der Waals surface area contributed by atoms with E-state index in [9.17, 15) is 9.59 Å². The summed E-state index contributed by atoms with van der Waals surface area (Å²) >= 11 is 0. The van der Waals surface area contributed by atoms with Crippen LogP contribution in [0, 0.1) is 13.8 Å². The summed E-state index contributed by atoms with van der Waals surface area (Å²) in [4.78, 5) is 27.2. The van der Waals surface area contributed by atoms with E-state index in [0.717, 1.165) is 29.5 Å². The fourth-order valence-corrected chi connectivity index (χ4v) is 2.95. The molecule has 0 heterocycles. The minimum atomic E-state index is -0.582. The number of ether oxygens (including phenoxy) is 1. The number of para-hydroxylation sites is 1. The second kappa shape index (κ2) is 11.2. The largest absolute Gasteiger partial charge is 0.484 e. The number of rotatable bonds is 10. The van der Waals surface area contributed by atoms with Crippen molar-refractivity contribution in [3.05, 3.63) is 65.2 Å². The van der Waals surface area contributed by atoms with Crippen LogP contribution in [0.2, 0.25) is 0 Å². The van der Waals surface area contributed by atoms with Crippen LogP contribution < -0.4 is 10.1 Å². The predicted molar refractivity (Wildman–Crippen MR) is 116 cm³/mol. The van der Waals surface area contributed by atoms with Crippen molar-refractivity contribution in [2.45, 2.75) is 53.1 Å². The molecule has 0 fully saturated rings. The van der Waals surface area contributed by atoms with Gasteiger partial charge >= 0.3 is 0 Å². The van der Waals surface area contributed by atoms with Gasteiger partial charge in [0.15, 0.2) is 6.61 Å². The molecule has 1 atom stereocenters. The molecule has 1 unspecified atom stereocenters. The first-order valence-electron chi connectivity index (χ1n) is 10.2. The van der Waals surface area contributed by atoms with Gasteiger partial charge < -0.3 is 15.0 Å². The van der Waals surface area contributed by atoms with E-state index in [-0.39, 0.29) is 18.4 Å². The van der Waals surface area contributed by atoms with Crippen molar-refractivity contribution >= 4 is 11.8 Å². The van der Waals surface area contributed by atoms with Crippen molar-refractivity contribution in [2.24, 2.45) is 0 Å². The first kappa shape index (κ1) is 22.5. The highest BCUT2D eigenvalue weighted by atomic mass is 16.5. The topological polar surface area (TPSA) is 58.6 Å². The number of unbranched alkanes of at least 4 members (excludes halogenated alkanes) is 1. The average molecular weight is 397 g/mol. The van der Waals surface area contributed by atoms with Crippen molar-refractivity contribution in [1.29, 1.82) is 0 Å². The maximum absolute atomic E-state index is 13.0. The standard InChI is InChI=1S/C24H32N2O3/c1-5-6-15-25-24(28)20(4)26(16-21-13-11-18(2)12-14-21)23(27)17-29-22-10-8-7-9-19(22)3/h7-14,20H,5-6,15-17H2,1-4H3,(H,25,28). The molecule has 0 aliphatic rings. The van der Waals surface area contributed by atoms with E-state index in [1.165, 1.54) is 0 Å². The van der Waals surface area contributed by atoms with E-state index in [0.29, 0.717) is 18.8 Å². The van der Waals surface area contributed by atoms with Gasteiger partial charge in [-0.1, -0.05) is 61.4 Å². The van der Waals surface area contributed by atoms with Gasteiger partial charge in [-0.2, -0.15) is 0 Å². The van der Waals surface area contributed by atoms with Gasteiger partial charge in [0.1, 0.15) is 11.8 Å². The third-order valence-corrected chi connectivity index (χ3v) is 4.92. The van der Waals surface area contributed by atoms with Gasteiger partial charge in [-0.05, 0) is 44.4 Å². The van der Waals surface area contributed by atoms with Crippen LogP contribution >= 0.6 is 0 Å². The number of benzene rings is 2. The molecule has 29 heavy (non-hydrogen) atoms. The summed E-state index contributed by atoms with van der Waals surface area (Å²) in [6, 6.07) is 15.0. The second-order valence-electron chi connectivity index (χ2n) is 7.38. The smallest absolute Gasteiger partial charge is 0.261 e. The van der Waals surface area contributed by atoms with Crippen LogP contribution in [0.25, 0.3) is 0 Å². The molecule has 0 saturated carbocycles. The molecule has 2 aromatic rings. The molecule has 0 aliphatic heterocycles. The summed E-state index contributed by atoms with van der Waals surface area (Å²) in [7, 11) is 0. The van der Waals surface area contributed by atoms with Crippen molar-refractivity contribution in [3.63, 3.8) is 0 Å². The molecule has 0 spiro atoms. The van der Waals surface area contributed by atoms with E-state index in [4.69, 9.17) is 4.74 Å². The molecule has 5 nitrogen and oxygen atoms in total. The van der Waals surface area contributed by atoms with Crippen molar-refractivity contribution in [3.8, 4) is 5.75 Å². The van der Waals surface area contributed by atoms with Crippen LogP contribution in [0.5, 0.6) is 5.75 Å². The Labute approximate surface area is 174 Å². The average Bonchev–Trinajstić information content (AvgIpc) is 2.72. The zero-order valence-corrected chi connectivity index (χ0v) is 17.9. The molecule has 0 saturated heterocycles. The molecule has 5 heteroatoms. The Bertz CT molecular complexity index is 802. The summed E-state index contributed by atoms with van der Waals surface area (Å²) in [5.41, 5.74) is 3.10. The monoisotopic (exact) mass is 396 g/mol. The third kappa shape index (κ3) is 6.93. The number of nitrogens with one attached hydrogen (secondary N) is 1. The number of nitrogens with zero attached hydrogens (tertiary/aromatic N) is 1. The van der Waals surface area contributed by atoms with Gasteiger partial charge in [0.2, 0.25) is 5.91 Å². The van der Waals surface area contributed by atoms with E-state index < -0.39 is 6.04 Å². The van der Waals surface area contributed by atoms with Crippen molar-refractivity contribution in [2.75, 3.05) is 13.2 Å². The van der Waals surface area contributed by atoms with Crippen LogP contribution in [0.15, 0.2) is 48.5 Å². The fraction of sp³-hybridized carbons (Fsp3) is 0.417.